The Bertz CT molecular complexity index is 668. The number of hydrogen-bond donors (Lipinski definition) is 2. The molecule has 0 aliphatic carbocycles. The zero-order valence-electron chi connectivity index (χ0n) is 14.4. The number of piperidine rings is 1. The summed E-state index contributed by atoms with van der Waals surface area (Å²) in [5, 5.41) is 2.33. The second-order valence-electron chi connectivity index (χ2n) is 6.89. The van der Waals surface area contributed by atoms with E-state index in [9.17, 15) is 14.4 Å². The lowest BCUT2D eigenvalue weighted by Crippen LogP contribution is -2.54. The largest absolute Gasteiger partial charge is 0.352 e. The van der Waals surface area contributed by atoms with Crippen LogP contribution in [0.25, 0.3) is 0 Å². The van der Waals surface area contributed by atoms with Gasteiger partial charge in [-0.05, 0) is 24.8 Å². The van der Waals surface area contributed by atoms with E-state index in [1.165, 1.54) is 0 Å². The second-order valence-corrected chi connectivity index (χ2v) is 6.89. The van der Waals surface area contributed by atoms with Gasteiger partial charge in [-0.25, -0.2) is 4.79 Å². The molecule has 4 amide bonds. The summed E-state index contributed by atoms with van der Waals surface area (Å²) in [6.45, 7) is 1.08. The summed E-state index contributed by atoms with van der Waals surface area (Å²) in [5.74, 6) is -0.0911. The summed E-state index contributed by atoms with van der Waals surface area (Å²) in [6, 6.07) is 9.18. The summed E-state index contributed by atoms with van der Waals surface area (Å²) in [5.41, 5.74) is 5.87. The minimum atomic E-state index is -0.700. The number of carbonyl (C=O) groups excluding carboxylic acids is 3. The fourth-order valence-corrected chi connectivity index (χ4v) is 4.00. The molecule has 134 valence electrons. The Morgan fingerprint density at radius 2 is 1.88 bits per heavy atom. The van der Waals surface area contributed by atoms with E-state index in [-0.39, 0.29) is 29.8 Å². The average molecular weight is 344 g/mol. The number of rotatable bonds is 3. The maximum Gasteiger partial charge on any atom is 0.312 e. The number of nitrogens with two attached hydrogens (primary N) is 1. The second kappa shape index (κ2) is 6.74. The molecule has 2 fully saturated rings. The van der Waals surface area contributed by atoms with E-state index in [0.29, 0.717) is 13.1 Å². The summed E-state index contributed by atoms with van der Waals surface area (Å²) in [4.78, 5) is 39.2. The normalized spacial score (nSPS) is 22.3. The van der Waals surface area contributed by atoms with Crippen LogP contribution in [0.5, 0.6) is 0 Å². The van der Waals surface area contributed by atoms with Crippen LogP contribution in [0.2, 0.25) is 0 Å². The van der Waals surface area contributed by atoms with E-state index < -0.39 is 6.03 Å². The molecule has 7 heteroatoms. The van der Waals surface area contributed by atoms with E-state index in [4.69, 9.17) is 5.73 Å². The monoisotopic (exact) mass is 344 g/mol. The first-order valence-electron chi connectivity index (χ1n) is 8.57. The van der Waals surface area contributed by atoms with Crippen LogP contribution < -0.4 is 11.1 Å². The molecule has 1 aromatic rings. The minimum absolute atomic E-state index is 0.0796. The molecule has 1 aromatic carbocycles. The van der Waals surface area contributed by atoms with Crippen molar-refractivity contribution in [3.05, 3.63) is 35.9 Å². The van der Waals surface area contributed by atoms with E-state index in [2.05, 4.69) is 5.32 Å². The Morgan fingerprint density at radius 1 is 1.24 bits per heavy atom. The van der Waals surface area contributed by atoms with Crippen molar-refractivity contribution >= 4 is 17.8 Å². The van der Waals surface area contributed by atoms with Crippen molar-refractivity contribution in [1.29, 1.82) is 0 Å². The maximum absolute atomic E-state index is 12.8. The molecule has 0 radical (unpaired) electrons. The van der Waals surface area contributed by atoms with Gasteiger partial charge in [0.2, 0.25) is 11.8 Å². The van der Waals surface area contributed by atoms with Gasteiger partial charge in [0.25, 0.3) is 0 Å². The van der Waals surface area contributed by atoms with Crippen molar-refractivity contribution in [3.63, 3.8) is 0 Å². The number of nitrogens with zero attached hydrogens (tertiary/aromatic N) is 2. The lowest BCUT2D eigenvalue weighted by atomic mass is 9.81. The Kier molecular flexibility index (Phi) is 4.65. The summed E-state index contributed by atoms with van der Waals surface area (Å²) >= 11 is 0. The highest BCUT2D eigenvalue weighted by atomic mass is 16.2. The first kappa shape index (κ1) is 17.3. The Hall–Kier alpha value is -2.57. The van der Waals surface area contributed by atoms with Gasteiger partial charge in [0.15, 0.2) is 0 Å². The highest BCUT2D eigenvalue weighted by Crippen LogP contribution is 2.44. The molecule has 2 aliphatic rings. The van der Waals surface area contributed by atoms with Crippen molar-refractivity contribution in [2.75, 3.05) is 26.7 Å². The molecule has 3 N–H and O–H groups in total. The lowest BCUT2D eigenvalue weighted by Gasteiger charge is -2.43. The van der Waals surface area contributed by atoms with Crippen LogP contribution in [-0.2, 0) is 9.59 Å². The lowest BCUT2D eigenvalue weighted by molar-refractivity contribution is -0.135. The van der Waals surface area contributed by atoms with Crippen LogP contribution in [0.3, 0.4) is 0 Å². The topological polar surface area (TPSA) is 95.7 Å². The van der Waals surface area contributed by atoms with Crippen molar-refractivity contribution in [1.82, 2.24) is 15.1 Å². The quantitative estimate of drug-likeness (QED) is 0.843. The van der Waals surface area contributed by atoms with E-state index in [1.807, 2.05) is 42.3 Å². The van der Waals surface area contributed by atoms with Gasteiger partial charge in [0, 0.05) is 25.7 Å². The molecule has 1 atom stereocenters. The van der Waals surface area contributed by atoms with Gasteiger partial charge < -0.3 is 20.9 Å². The van der Waals surface area contributed by atoms with Crippen molar-refractivity contribution < 1.29 is 14.4 Å². The zero-order valence-corrected chi connectivity index (χ0v) is 14.4. The molecule has 0 saturated carbocycles. The summed E-state index contributed by atoms with van der Waals surface area (Å²) < 4.78 is 0. The Morgan fingerprint density at radius 3 is 2.48 bits per heavy atom. The third-order valence-corrected chi connectivity index (χ3v) is 5.59. The zero-order chi connectivity index (χ0) is 18.0. The van der Waals surface area contributed by atoms with Crippen LogP contribution in [0.4, 0.5) is 4.79 Å². The number of hydrogen-bond acceptors (Lipinski definition) is 3. The number of carbonyl (C=O) groups is 3. The molecule has 0 aromatic heterocycles. The van der Waals surface area contributed by atoms with E-state index in [0.717, 1.165) is 24.8 Å². The molecular formula is C18H24N4O3. The molecule has 3 rings (SSSR count). The summed E-state index contributed by atoms with van der Waals surface area (Å²) in [6.07, 6.45) is 2.29. The molecule has 1 spiro atoms. The standard InChI is InChI=1S/C18H24N4O3/c1-21-16(24)14(13-5-3-2-4-6-13)11-18(21)7-9-22(10-8-18)15(23)12-20-17(19)25/h2-6,14H,7-12H2,1H3,(H3,19,20,25). The van der Waals surface area contributed by atoms with Gasteiger partial charge >= 0.3 is 6.03 Å². The molecule has 2 aliphatic heterocycles. The van der Waals surface area contributed by atoms with E-state index in [1.54, 1.807) is 4.90 Å². The SMILES string of the molecule is CN1C(=O)C(c2ccccc2)CC12CCN(C(=O)CNC(N)=O)CC2. The molecule has 7 nitrogen and oxygen atoms in total. The predicted octanol–water partition coefficient (Wildman–Crippen LogP) is 0.662. The van der Waals surface area contributed by atoms with Gasteiger partial charge in [0.1, 0.15) is 0 Å². The average Bonchev–Trinajstić information content (AvgIpc) is 2.86. The Labute approximate surface area is 147 Å². The van der Waals surface area contributed by atoms with Crippen LogP contribution in [0, 0.1) is 0 Å². The van der Waals surface area contributed by atoms with Gasteiger partial charge in [-0.2, -0.15) is 0 Å². The van der Waals surface area contributed by atoms with Crippen molar-refractivity contribution in [2.45, 2.75) is 30.7 Å². The van der Waals surface area contributed by atoms with Gasteiger partial charge in [-0.1, -0.05) is 30.3 Å². The third-order valence-electron chi connectivity index (χ3n) is 5.59. The van der Waals surface area contributed by atoms with Crippen LogP contribution in [0.15, 0.2) is 30.3 Å². The van der Waals surface area contributed by atoms with Crippen LogP contribution in [0.1, 0.15) is 30.7 Å². The van der Waals surface area contributed by atoms with Gasteiger partial charge in [-0.3, -0.25) is 9.59 Å². The highest BCUT2D eigenvalue weighted by Gasteiger charge is 2.50. The third kappa shape index (κ3) is 3.31. The van der Waals surface area contributed by atoms with Crippen LogP contribution >= 0.6 is 0 Å². The van der Waals surface area contributed by atoms with Crippen LogP contribution in [-0.4, -0.2) is 59.9 Å². The highest BCUT2D eigenvalue weighted by molar-refractivity contribution is 5.87. The number of benzene rings is 1. The molecule has 0 bridgehead atoms. The van der Waals surface area contributed by atoms with Gasteiger partial charge in [-0.15, -0.1) is 0 Å². The first-order valence-corrected chi connectivity index (χ1v) is 8.57. The fourth-order valence-electron chi connectivity index (χ4n) is 4.00. The Balaban J connectivity index is 1.65. The van der Waals surface area contributed by atoms with Crippen molar-refractivity contribution in [3.8, 4) is 0 Å². The predicted molar refractivity (Wildman–Crippen MR) is 92.7 cm³/mol. The number of primary amides is 1. The van der Waals surface area contributed by atoms with Gasteiger partial charge in [0.05, 0.1) is 12.5 Å². The molecule has 2 heterocycles. The van der Waals surface area contributed by atoms with Crippen molar-refractivity contribution in [2.24, 2.45) is 5.73 Å². The minimum Gasteiger partial charge on any atom is -0.352 e. The molecule has 2 saturated heterocycles. The maximum atomic E-state index is 12.8. The number of amides is 4. The smallest absolute Gasteiger partial charge is 0.312 e. The summed E-state index contributed by atoms with van der Waals surface area (Å²) in [7, 11) is 1.87. The number of urea groups is 1. The number of likely N-dealkylation sites (tertiary alicyclic amines) is 2. The number of likely N-dealkylation sites (N-methyl/N-ethyl adjacent to an activating group) is 1. The fraction of sp³-hybridized carbons (Fsp3) is 0.500. The molecule has 1 unspecified atom stereocenters. The van der Waals surface area contributed by atoms with E-state index >= 15 is 0 Å². The molecular weight excluding hydrogens is 320 g/mol. The first-order chi connectivity index (χ1) is 11.9. The number of nitrogens with one attached hydrogen (secondary N) is 1. The molecule has 25 heavy (non-hydrogen) atoms.